The van der Waals surface area contributed by atoms with E-state index in [4.69, 9.17) is 9.47 Å². The molecule has 1 N–H and O–H groups in total. The Hall–Kier alpha value is -2.90. The molecule has 0 saturated heterocycles. The highest BCUT2D eigenvalue weighted by molar-refractivity contribution is 5.65. The van der Waals surface area contributed by atoms with Gasteiger partial charge in [0.25, 0.3) is 0 Å². The van der Waals surface area contributed by atoms with Crippen LogP contribution in [0.25, 0.3) is 11.1 Å². The van der Waals surface area contributed by atoms with Crippen molar-refractivity contribution in [2.75, 3.05) is 6.61 Å². The molecular formula is C31H34F4O3. The first-order valence-corrected chi connectivity index (χ1v) is 13.3. The molecule has 0 bridgehead atoms. The molecule has 1 aliphatic rings. The zero-order valence-electron chi connectivity index (χ0n) is 21.8. The van der Waals surface area contributed by atoms with E-state index in [2.05, 4.69) is 0 Å². The number of aliphatic hydroxyl groups excluding tert-OH is 1. The average molecular weight is 531 g/mol. The number of ether oxygens (including phenoxy) is 2. The minimum Gasteiger partial charge on any atom is -0.491 e. The number of benzene rings is 3. The maximum absolute atomic E-state index is 15.1. The summed E-state index contributed by atoms with van der Waals surface area (Å²) < 4.78 is 69.6. The van der Waals surface area contributed by atoms with Gasteiger partial charge in [0.05, 0.1) is 25.4 Å². The van der Waals surface area contributed by atoms with E-state index >= 15 is 8.78 Å². The normalized spacial score (nSPS) is 18.4. The Bertz CT molecular complexity index is 1220. The van der Waals surface area contributed by atoms with E-state index in [1.54, 1.807) is 43.3 Å². The number of rotatable bonds is 10. The summed E-state index contributed by atoms with van der Waals surface area (Å²) >= 11 is 0. The van der Waals surface area contributed by atoms with Crippen LogP contribution in [-0.2, 0) is 11.3 Å². The van der Waals surface area contributed by atoms with Crippen LogP contribution in [0.1, 0.15) is 81.1 Å². The van der Waals surface area contributed by atoms with Crippen LogP contribution in [0.5, 0.6) is 5.75 Å². The molecule has 3 aromatic rings. The van der Waals surface area contributed by atoms with Gasteiger partial charge in [-0.15, -0.1) is 0 Å². The van der Waals surface area contributed by atoms with Gasteiger partial charge in [0.15, 0.2) is 23.2 Å². The van der Waals surface area contributed by atoms with E-state index < -0.39 is 29.4 Å². The van der Waals surface area contributed by atoms with Gasteiger partial charge in [-0.3, -0.25) is 0 Å². The second kappa shape index (κ2) is 12.8. The average Bonchev–Trinajstić information content (AvgIpc) is 2.93. The van der Waals surface area contributed by atoms with Crippen LogP contribution < -0.4 is 4.74 Å². The molecule has 38 heavy (non-hydrogen) atoms. The zero-order valence-corrected chi connectivity index (χ0v) is 21.8. The Morgan fingerprint density at radius 2 is 1.53 bits per heavy atom. The van der Waals surface area contributed by atoms with Crippen molar-refractivity contribution in [3.63, 3.8) is 0 Å². The molecule has 1 atom stereocenters. The Balaban J connectivity index is 1.37. The molecule has 1 saturated carbocycles. The smallest absolute Gasteiger partial charge is 0.200 e. The molecule has 4 rings (SSSR count). The van der Waals surface area contributed by atoms with Crippen molar-refractivity contribution in [2.24, 2.45) is 0 Å². The van der Waals surface area contributed by atoms with E-state index in [1.807, 2.05) is 6.92 Å². The molecule has 3 aromatic carbocycles. The lowest BCUT2D eigenvalue weighted by Gasteiger charge is -2.29. The first-order valence-electron chi connectivity index (χ1n) is 13.3. The van der Waals surface area contributed by atoms with Crippen LogP contribution in [-0.4, -0.2) is 17.8 Å². The van der Waals surface area contributed by atoms with E-state index in [1.165, 1.54) is 12.1 Å². The minimum atomic E-state index is -1.03. The van der Waals surface area contributed by atoms with Crippen molar-refractivity contribution in [1.29, 1.82) is 0 Å². The van der Waals surface area contributed by atoms with Crippen LogP contribution in [0.3, 0.4) is 0 Å². The third-order valence-electron chi connectivity index (χ3n) is 7.30. The first-order chi connectivity index (χ1) is 18.3. The number of aliphatic hydroxyl groups is 1. The molecule has 0 aromatic heterocycles. The Labute approximate surface area is 221 Å². The Morgan fingerprint density at radius 1 is 0.816 bits per heavy atom. The van der Waals surface area contributed by atoms with E-state index in [0.717, 1.165) is 12.0 Å². The lowest BCUT2D eigenvalue weighted by Crippen LogP contribution is -2.21. The van der Waals surface area contributed by atoms with Gasteiger partial charge >= 0.3 is 0 Å². The molecule has 0 amide bonds. The van der Waals surface area contributed by atoms with Crippen LogP contribution in [0.15, 0.2) is 48.5 Å². The Kier molecular flexibility index (Phi) is 9.44. The van der Waals surface area contributed by atoms with Crippen molar-refractivity contribution in [3.8, 4) is 16.9 Å². The first kappa shape index (κ1) is 28.1. The molecule has 0 radical (unpaired) electrons. The van der Waals surface area contributed by atoms with Crippen molar-refractivity contribution < 1.29 is 32.1 Å². The summed E-state index contributed by atoms with van der Waals surface area (Å²) in [6.07, 6.45) is 3.16. The second-order valence-electron chi connectivity index (χ2n) is 9.83. The van der Waals surface area contributed by atoms with Gasteiger partial charge in [-0.2, -0.15) is 4.39 Å². The molecule has 7 heteroatoms. The van der Waals surface area contributed by atoms with Gasteiger partial charge in [0.1, 0.15) is 0 Å². The lowest BCUT2D eigenvalue weighted by molar-refractivity contribution is 0.0116. The number of hydrogen-bond donors (Lipinski definition) is 1. The molecule has 204 valence electrons. The quantitative estimate of drug-likeness (QED) is 0.268. The van der Waals surface area contributed by atoms with Gasteiger partial charge in [-0.25, -0.2) is 13.2 Å². The fourth-order valence-corrected chi connectivity index (χ4v) is 5.13. The summed E-state index contributed by atoms with van der Waals surface area (Å²) in [4.78, 5) is 0. The SMILES string of the molecule is CCCC(O)c1ccc(-c2ccc(C3CCC(OCc4ccc(OCC)c(F)c4F)CC3)c(F)c2F)cc1. The summed E-state index contributed by atoms with van der Waals surface area (Å²) in [6.45, 7) is 3.85. The van der Waals surface area contributed by atoms with Gasteiger partial charge in [0.2, 0.25) is 5.82 Å². The summed E-state index contributed by atoms with van der Waals surface area (Å²) in [7, 11) is 0. The zero-order chi connectivity index (χ0) is 27.2. The van der Waals surface area contributed by atoms with Crippen molar-refractivity contribution >= 4 is 0 Å². The molecule has 0 aliphatic heterocycles. The molecule has 1 fully saturated rings. The summed E-state index contributed by atoms with van der Waals surface area (Å²) in [6, 6.07) is 13.0. The standard InChI is InChI=1S/C31H34F4O3/c1-3-5-26(36)21-8-6-19(7-9-21)24-15-16-25(30(34)29(24)33)20-10-13-23(14-11-20)38-18-22-12-17-27(37-4-2)31(35)28(22)32/h6-9,12,15-17,20,23,26,36H,3-5,10-11,13-14,18H2,1-2H3. The highest BCUT2D eigenvalue weighted by Crippen LogP contribution is 2.38. The highest BCUT2D eigenvalue weighted by Gasteiger charge is 2.27. The fourth-order valence-electron chi connectivity index (χ4n) is 5.13. The van der Waals surface area contributed by atoms with Gasteiger partial charge in [0, 0.05) is 11.1 Å². The Morgan fingerprint density at radius 3 is 2.18 bits per heavy atom. The van der Waals surface area contributed by atoms with Crippen molar-refractivity contribution in [3.05, 3.63) is 88.5 Å². The lowest BCUT2D eigenvalue weighted by atomic mass is 9.82. The molecule has 0 spiro atoms. The predicted octanol–water partition coefficient (Wildman–Crippen LogP) is 8.39. The largest absolute Gasteiger partial charge is 0.491 e. The van der Waals surface area contributed by atoms with Gasteiger partial charge in [-0.1, -0.05) is 49.7 Å². The third kappa shape index (κ3) is 6.21. The molecular weight excluding hydrogens is 496 g/mol. The maximum atomic E-state index is 15.1. The molecule has 1 aliphatic carbocycles. The molecule has 1 unspecified atom stereocenters. The second-order valence-corrected chi connectivity index (χ2v) is 9.83. The van der Waals surface area contributed by atoms with Gasteiger partial charge in [-0.05, 0) is 73.8 Å². The minimum absolute atomic E-state index is 0.0730. The van der Waals surface area contributed by atoms with E-state index in [-0.39, 0.29) is 42.1 Å². The molecule has 0 heterocycles. The topological polar surface area (TPSA) is 38.7 Å². The van der Waals surface area contributed by atoms with E-state index in [9.17, 15) is 13.9 Å². The summed E-state index contributed by atoms with van der Waals surface area (Å²) in [5, 5.41) is 10.1. The van der Waals surface area contributed by atoms with Crippen LogP contribution in [0, 0.1) is 23.3 Å². The highest BCUT2D eigenvalue weighted by atomic mass is 19.2. The number of halogens is 4. The summed E-state index contributed by atoms with van der Waals surface area (Å²) in [5.41, 5.74) is 1.95. The van der Waals surface area contributed by atoms with Crippen LogP contribution >= 0.6 is 0 Å². The monoisotopic (exact) mass is 530 g/mol. The van der Waals surface area contributed by atoms with Crippen molar-refractivity contribution in [2.45, 2.75) is 77.1 Å². The maximum Gasteiger partial charge on any atom is 0.200 e. The predicted molar refractivity (Wildman–Crippen MR) is 139 cm³/mol. The summed E-state index contributed by atoms with van der Waals surface area (Å²) in [5.74, 6) is -4.00. The van der Waals surface area contributed by atoms with Crippen LogP contribution in [0.2, 0.25) is 0 Å². The van der Waals surface area contributed by atoms with Crippen LogP contribution in [0.4, 0.5) is 17.6 Å². The third-order valence-corrected chi connectivity index (χ3v) is 7.30. The fraction of sp³-hybridized carbons (Fsp3) is 0.419. The van der Waals surface area contributed by atoms with Crippen molar-refractivity contribution in [1.82, 2.24) is 0 Å². The van der Waals surface area contributed by atoms with E-state index in [0.29, 0.717) is 43.2 Å². The molecule has 3 nitrogen and oxygen atoms in total. The van der Waals surface area contributed by atoms with Gasteiger partial charge < -0.3 is 14.6 Å². The number of hydrogen-bond acceptors (Lipinski definition) is 3.